The Hall–Kier alpha value is -2.72. The molecular weight excluding hydrogens is 432 g/mol. The van der Waals surface area contributed by atoms with Crippen LogP contribution in [0.2, 0.25) is 0 Å². The second-order valence-corrected chi connectivity index (χ2v) is 9.66. The van der Waals surface area contributed by atoms with E-state index >= 15 is 0 Å². The van der Waals surface area contributed by atoms with Gasteiger partial charge in [-0.1, -0.05) is 23.9 Å². The molecule has 3 rings (SSSR count). The van der Waals surface area contributed by atoms with Crippen molar-refractivity contribution in [3.8, 4) is 0 Å². The van der Waals surface area contributed by atoms with Crippen LogP contribution in [0.3, 0.4) is 0 Å². The van der Waals surface area contributed by atoms with E-state index in [4.69, 9.17) is 0 Å². The molecule has 0 saturated carbocycles. The summed E-state index contributed by atoms with van der Waals surface area (Å²) in [5.41, 5.74) is 2.74. The highest BCUT2D eigenvalue weighted by Gasteiger charge is 2.21. The Labute approximate surface area is 189 Å². The molecule has 2 aromatic heterocycles. The van der Waals surface area contributed by atoms with Gasteiger partial charge in [-0.3, -0.25) is 9.59 Å². The predicted molar refractivity (Wildman–Crippen MR) is 125 cm³/mol. The summed E-state index contributed by atoms with van der Waals surface area (Å²) in [7, 11) is 0. The Morgan fingerprint density at radius 3 is 2.61 bits per heavy atom. The molecule has 2 heterocycles. The number of amides is 2. The number of thioether (sulfide) groups is 1. The van der Waals surface area contributed by atoms with E-state index < -0.39 is 5.25 Å². The molecule has 8 nitrogen and oxygen atoms in total. The van der Waals surface area contributed by atoms with Crippen molar-refractivity contribution >= 4 is 45.7 Å². The van der Waals surface area contributed by atoms with Gasteiger partial charge in [0.2, 0.25) is 11.8 Å². The summed E-state index contributed by atoms with van der Waals surface area (Å²) >= 11 is 2.77. The van der Waals surface area contributed by atoms with E-state index in [0.717, 1.165) is 21.8 Å². The zero-order chi connectivity index (χ0) is 22.5. The van der Waals surface area contributed by atoms with Gasteiger partial charge in [-0.2, -0.15) is 0 Å². The molecule has 0 spiro atoms. The SMILES string of the molecule is CCn1c(CC(=O)Nc2cccc(C)c2)nnc1S[C@@H](C)C(=O)Nc1nc(C)c(C)s1. The van der Waals surface area contributed by atoms with E-state index in [1.807, 2.05) is 63.5 Å². The van der Waals surface area contributed by atoms with Crippen LogP contribution in [0.1, 0.15) is 35.8 Å². The van der Waals surface area contributed by atoms with Crippen LogP contribution < -0.4 is 10.6 Å². The lowest BCUT2D eigenvalue weighted by atomic mass is 10.2. The molecule has 10 heteroatoms. The Bertz CT molecular complexity index is 1070. The third-order valence-electron chi connectivity index (χ3n) is 4.64. The minimum Gasteiger partial charge on any atom is -0.326 e. The van der Waals surface area contributed by atoms with Crippen molar-refractivity contribution in [1.82, 2.24) is 19.7 Å². The van der Waals surface area contributed by atoms with Crippen molar-refractivity contribution in [2.45, 2.75) is 58.0 Å². The minimum atomic E-state index is -0.395. The molecule has 0 aliphatic carbocycles. The van der Waals surface area contributed by atoms with Gasteiger partial charge in [0.25, 0.3) is 0 Å². The van der Waals surface area contributed by atoms with Crippen LogP contribution >= 0.6 is 23.1 Å². The Kier molecular flexibility index (Phi) is 7.45. The average Bonchev–Trinajstić information content (AvgIpc) is 3.23. The van der Waals surface area contributed by atoms with Crippen LogP contribution in [0, 0.1) is 20.8 Å². The Morgan fingerprint density at radius 1 is 1.19 bits per heavy atom. The highest BCUT2D eigenvalue weighted by Crippen LogP contribution is 2.26. The molecule has 0 fully saturated rings. The molecule has 1 atom stereocenters. The lowest BCUT2D eigenvalue weighted by molar-refractivity contribution is -0.116. The topological polar surface area (TPSA) is 102 Å². The van der Waals surface area contributed by atoms with Crippen molar-refractivity contribution in [1.29, 1.82) is 0 Å². The summed E-state index contributed by atoms with van der Waals surface area (Å²) in [4.78, 5) is 30.5. The number of hydrogen-bond acceptors (Lipinski definition) is 7. The van der Waals surface area contributed by atoms with Crippen molar-refractivity contribution in [3.63, 3.8) is 0 Å². The number of thiazole rings is 1. The number of aromatic nitrogens is 4. The van der Waals surface area contributed by atoms with Gasteiger partial charge in [-0.05, 0) is 52.3 Å². The van der Waals surface area contributed by atoms with E-state index in [1.165, 1.54) is 23.1 Å². The number of carbonyl (C=O) groups is 2. The second kappa shape index (κ2) is 10.1. The highest BCUT2D eigenvalue weighted by molar-refractivity contribution is 8.00. The minimum absolute atomic E-state index is 0.105. The first kappa shape index (κ1) is 23.0. The van der Waals surface area contributed by atoms with Crippen molar-refractivity contribution < 1.29 is 9.59 Å². The second-order valence-electron chi connectivity index (χ2n) is 7.15. The van der Waals surface area contributed by atoms with Crippen LogP contribution in [0.4, 0.5) is 10.8 Å². The molecule has 0 aliphatic rings. The quantitative estimate of drug-likeness (QED) is 0.495. The van der Waals surface area contributed by atoms with Crippen LogP contribution in [0.25, 0.3) is 0 Å². The van der Waals surface area contributed by atoms with E-state index in [0.29, 0.717) is 22.7 Å². The number of anilines is 2. The summed E-state index contributed by atoms with van der Waals surface area (Å²) in [6.45, 7) is 10.2. The molecular formula is C21H26N6O2S2. The molecule has 2 N–H and O–H groups in total. The molecule has 0 bridgehead atoms. The van der Waals surface area contributed by atoms with Crippen molar-refractivity contribution in [2.75, 3.05) is 10.6 Å². The first-order valence-corrected chi connectivity index (χ1v) is 11.7. The lowest BCUT2D eigenvalue weighted by Gasteiger charge is -2.12. The number of nitrogens with zero attached hydrogens (tertiary/aromatic N) is 4. The van der Waals surface area contributed by atoms with E-state index in [2.05, 4.69) is 25.8 Å². The number of rotatable bonds is 8. The molecule has 0 unspecified atom stereocenters. The third kappa shape index (κ3) is 5.92. The maximum Gasteiger partial charge on any atom is 0.239 e. The van der Waals surface area contributed by atoms with Gasteiger partial charge in [0.05, 0.1) is 17.4 Å². The van der Waals surface area contributed by atoms with Gasteiger partial charge >= 0.3 is 0 Å². The lowest BCUT2D eigenvalue weighted by Crippen LogP contribution is -2.23. The number of aryl methyl sites for hydroxylation is 3. The van der Waals surface area contributed by atoms with Crippen LogP contribution in [-0.4, -0.2) is 36.8 Å². The number of hydrogen-bond donors (Lipinski definition) is 2. The van der Waals surface area contributed by atoms with Crippen molar-refractivity contribution in [2.24, 2.45) is 0 Å². The molecule has 0 saturated heterocycles. The summed E-state index contributed by atoms with van der Waals surface area (Å²) in [6.07, 6.45) is 0.105. The maximum absolute atomic E-state index is 12.6. The standard InChI is InChI=1S/C21H26N6O2S2/c1-6-27-17(11-18(28)23-16-9-7-8-12(2)10-16)25-26-21(27)31-15(5)19(29)24-20-22-13(3)14(4)30-20/h7-10,15H,6,11H2,1-5H3,(H,23,28)(H,22,24,29)/t15-/m0/s1. The van der Waals surface area contributed by atoms with Gasteiger partial charge in [0, 0.05) is 17.1 Å². The summed E-state index contributed by atoms with van der Waals surface area (Å²) in [5, 5.41) is 15.0. The van der Waals surface area contributed by atoms with Gasteiger partial charge in [-0.15, -0.1) is 21.5 Å². The van der Waals surface area contributed by atoms with Gasteiger partial charge < -0.3 is 15.2 Å². The molecule has 2 amide bonds. The largest absolute Gasteiger partial charge is 0.326 e. The summed E-state index contributed by atoms with van der Waals surface area (Å²) < 4.78 is 1.86. The molecule has 3 aromatic rings. The van der Waals surface area contributed by atoms with E-state index in [-0.39, 0.29) is 18.2 Å². The molecule has 164 valence electrons. The van der Waals surface area contributed by atoms with Gasteiger partial charge in [0.1, 0.15) is 5.82 Å². The predicted octanol–water partition coefficient (Wildman–Crippen LogP) is 3.98. The van der Waals surface area contributed by atoms with Crippen molar-refractivity contribution in [3.05, 3.63) is 46.2 Å². The van der Waals surface area contributed by atoms with E-state index in [9.17, 15) is 9.59 Å². The first-order chi connectivity index (χ1) is 14.8. The van der Waals surface area contributed by atoms with Gasteiger partial charge in [-0.25, -0.2) is 4.98 Å². The number of carbonyl (C=O) groups excluding carboxylic acids is 2. The zero-order valence-electron chi connectivity index (χ0n) is 18.2. The van der Waals surface area contributed by atoms with E-state index in [1.54, 1.807) is 0 Å². The monoisotopic (exact) mass is 458 g/mol. The fourth-order valence-electron chi connectivity index (χ4n) is 2.87. The van der Waals surface area contributed by atoms with Crippen LogP contribution in [0.15, 0.2) is 29.4 Å². The van der Waals surface area contributed by atoms with Gasteiger partial charge in [0.15, 0.2) is 10.3 Å². The maximum atomic E-state index is 12.6. The molecule has 0 radical (unpaired) electrons. The zero-order valence-corrected chi connectivity index (χ0v) is 19.9. The first-order valence-electron chi connectivity index (χ1n) is 9.97. The van der Waals surface area contributed by atoms with Crippen LogP contribution in [-0.2, 0) is 22.6 Å². The summed E-state index contributed by atoms with van der Waals surface area (Å²) in [6, 6.07) is 7.63. The fourth-order valence-corrected chi connectivity index (χ4v) is 4.62. The number of benzene rings is 1. The number of nitrogens with one attached hydrogen (secondary N) is 2. The summed E-state index contributed by atoms with van der Waals surface area (Å²) in [5.74, 6) is 0.252. The highest BCUT2D eigenvalue weighted by atomic mass is 32.2. The third-order valence-corrected chi connectivity index (χ3v) is 6.71. The normalized spacial score (nSPS) is 11.9. The molecule has 31 heavy (non-hydrogen) atoms. The molecule has 0 aliphatic heterocycles. The molecule has 1 aromatic carbocycles. The Balaban J connectivity index is 1.63. The fraction of sp³-hybridized carbons (Fsp3) is 0.381. The van der Waals surface area contributed by atoms with Crippen LogP contribution in [0.5, 0.6) is 0 Å². The average molecular weight is 459 g/mol. The smallest absolute Gasteiger partial charge is 0.239 e. The Morgan fingerprint density at radius 2 is 1.97 bits per heavy atom.